The summed E-state index contributed by atoms with van der Waals surface area (Å²) in [6.45, 7) is -0.256. The van der Waals surface area contributed by atoms with Gasteiger partial charge in [-0.2, -0.15) is 0 Å². The van der Waals surface area contributed by atoms with Gasteiger partial charge in [-0.1, -0.05) is 6.07 Å². The van der Waals surface area contributed by atoms with Crippen LogP contribution in [0.4, 0.5) is 0 Å². The largest absolute Gasteiger partial charge is 0.484 e. The van der Waals surface area contributed by atoms with Gasteiger partial charge >= 0.3 is 0 Å². The number of amides is 1. The molecule has 1 aromatic heterocycles. The van der Waals surface area contributed by atoms with Gasteiger partial charge in [0, 0.05) is 18.3 Å². The molecule has 0 spiro atoms. The summed E-state index contributed by atoms with van der Waals surface area (Å²) < 4.78 is 38.9. The predicted octanol–water partition coefficient (Wildman–Crippen LogP) is 1.61. The maximum absolute atomic E-state index is 12.6. The Morgan fingerprint density at radius 1 is 1.11 bits per heavy atom. The number of carbonyl (C=O) groups is 1. The Balaban J connectivity index is 1.51. The van der Waals surface area contributed by atoms with Crippen molar-refractivity contribution < 1.29 is 22.7 Å². The third-order valence-corrected chi connectivity index (χ3v) is 5.97. The first-order chi connectivity index (χ1) is 13.4. The van der Waals surface area contributed by atoms with E-state index in [2.05, 4.69) is 9.71 Å². The molecule has 8 nitrogen and oxygen atoms in total. The van der Waals surface area contributed by atoms with Crippen molar-refractivity contribution in [2.75, 3.05) is 6.61 Å². The average Bonchev–Trinajstić information content (AvgIpc) is 2.69. The lowest BCUT2D eigenvalue weighted by Gasteiger charge is -2.29. The van der Waals surface area contributed by atoms with Crippen LogP contribution in [0, 0.1) is 0 Å². The fraction of sp³-hybridized carbons (Fsp3) is 0.368. The van der Waals surface area contributed by atoms with Gasteiger partial charge in [0.05, 0.1) is 4.90 Å². The Morgan fingerprint density at radius 2 is 1.82 bits per heavy atom. The Kier molecular flexibility index (Phi) is 6.48. The lowest BCUT2D eigenvalue weighted by molar-refractivity contribution is -0.119. The summed E-state index contributed by atoms with van der Waals surface area (Å²) in [5.74, 6) is 0.371. The molecular formula is C19H23N3O5S. The van der Waals surface area contributed by atoms with Gasteiger partial charge in [0.15, 0.2) is 6.61 Å². The van der Waals surface area contributed by atoms with Gasteiger partial charge in [-0.25, -0.2) is 18.1 Å². The van der Waals surface area contributed by atoms with Gasteiger partial charge in [0.2, 0.25) is 15.9 Å². The molecule has 3 N–H and O–H groups in total. The molecule has 1 heterocycles. The van der Waals surface area contributed by atoms with Crippen LogP contribution in [-0.4, -0.2) is 38.1 Å². The summed E-state index contributed by atoms with van der Waals surface area (Å²) in [5, 5.41) is 0. The third kappa shape index (κ3) is 5.67. The normalized spacial score (nSPS) is 19.7. The Morgan fingerprint density at radius 3 is 2.43 bits per heavy atom. The molecule has 150 valence electrons. The third-order valence-electron chi connectivity index (χ3n) is 4.44. The highest BCUT2D eigenvalue weighted by atomic mass is 32.2. The SMILES string of the molecule is NC(=O)COc1ccc(S(=O)(=O)NC2CCC(Oc3ccccn3)CC2)cc1. The van der Waals surface area contributed by atoms with Crippen molar-refractivity contribution in [3.8, 4) is 11.6 Å². The van der Waals surface area contributed by atoms with E-state index in [0.29, 0.717) is 24.5 Å². The molecule has 1 aromatic carbocycles. The molecule has 0 atom stereocenters. The smallest absolute Gasteiger partial charge is 0.255 e. The average molecular weight is 405 g/mol. The molecule has 1 amide bonds. The molecular weight excluding hydrogens is 382 g/mol. The molecule has 0 bridgehead atoms. The maximum atomic E-state index is 12.6. The number of benzene rings is 1. The van der Waals surface area contributed by atoms with Crippen molar-refractivity contribution in [3.63, 3.8) is 0 Å². The lowest BCUT2D eigenvalue weighted by atomic mass is 9.94. The topological polar surface area (TPSA) is 121 Å². The van der Waals surface area contributed by atoms with E-state index in [0.717, 1.165) is 12.8 Å². The first-order valence-electron chi connectivity index (χ1n) is 9.03. The number of hydrogen-bond acceptors (Lipinski definition) is 6. The van der Waals surface area contributed by atoms with Gasteiger partial charge < -0.3 is 15.2 Å². The van der Waals surface area contributed by atoms with Crippen molar-refractivity contribution in [1.29, 1.82) is 0 Å². The van der Waals surface area contributed by atoms with E-state index in [-0.39, 0.29) is 23.6 Å². The second-order valence-corrected chi connectivity index (χ2v) is 8.32. The number of aromatic nitrogens is 1. The summed E-state index contributed by atoms with van der Waals surface area (Å²) in [4.78, 5) is 15.0. The fourth-order valence-electron chi connectivity index (χ4n) is 3.04. The van der Waals surface area contributed by atoms with E-state index < -0.39 is 15.9 Å². The number of primary amides is 1. The molecule has 0 saturated heterocycles. The standard InChI is InChI=1S/C19H23N3O5S/c20-18(23)13-26-15-8-10-17(11-9-15)28(24,25)22-14-4-6-16(7-5-14)27-19-3-1-2-12-21-19/h1-3,8-12,14,16,22H,4-7,13H2,(H2,20,23). The zero-order valence-corrected chi connectivity index (χ0v) is 16.1. The number of nitrogens with one attached hydrogen (secondary N) is 1. The van der Waals surface area contributed by atoms with Gasteiger partial charge in [-0.3, -0.25) is 4.79 Å². The second-order valence-electron chi connectivity index (χ2n) is 6.61. The minimum Gasteiger partial charge on any atom is -0.484 e. The number of sulfonamides is 1. The molecule has 0 aliphatic heterocycles. The number of pyridine rings is 1. The van der Waals surface area contributed by atoms with E-state index in [9.17, 15) is 13.2 Å². The highest BCUT2D eigenvalue weighted by Gasteiger charge is 2.26. The summed E-state index contributed by atoms with van der Waals surface area (Å²) in [6, 6.07) is 11.2. The number of nitrogens with two attached hydrogens (primary N) is 1. The molecule has 0 radical (unpaired) electrons. The van der Waals surface area contributed by atoms with Crippen LogP contribution in [0.1, 0.15) is 25.7 Å². The highest BCUT2D eigenvalue weighted by Crippen LogP contribution is 2.24. The van der Waals surface area contributed by atoms with Crippen molar-refractivity contribution in [1.82, 2.24) is 9.71 Å². The Labute approximate surface area is 164 Å². The molecule has 9 heteroatoms. The van der Waals surface area contributed by atoms with E-state index in [1.807, 2.05) is 18.2 Å². The van der Waals surface area contributed by atoms with Crippen LogP contribution in [0.2, 0.25) is 0 Å². The van der Waals surface area contributed by atoms with Crippen LogP contribution in [0.3, 0.4) is 0 Å². The number of rotatable bonds is 8. The summed E-state index contributed by atoms with van der Waals surface area (Å²) in [6.07, 6.45) is 4.61. The van der Waals surface area contributed by atoms with Crippen LogP contribution in [0.25, 0.3) is 0 Å². The molecule has 1 aliphatic carbocycles. The zero-order chi connectivity index (χ0) is 20.0. The van der Waals surface area contributed by atoms with Crippen molar-refractivity contribution in [2.45, 2.75) is 42.7 Å². The number of carbonyl (C=O) groups excluding carboxylic acids is 1. The molecule has 2 aromatic rings. The highest BCUT2D eigenvalue weighted by molar-refractivity contribution is 7.89. The predicted molar refractivity (Wildman–Crippen MR) is 102 cm³/mol. The number of nitrogens with zero attached hydrogens (tertiary/aromatic N) is 1. The first-order valence-corrected chi connectivity index (χ1v) is 10.5. The van der Waals surface area contributed by atoms with Gasteiger partial charge in [0.1, 0.15) is 11.9 Å². The maximum Gasteiger partial charge on any atom is 0.255 e. The number of hydrogen-bond donors (Lipinski definition) is 2. The van der Waals surface area contributed by atoms with Crippen LogP contribution in [-0.2, 0) is 14.8 Å². The monoisotopic (exact) mass is 405 g/mol. The van der Waals surface area contributed by atoms with Gasteiger partial charge in [0.25, 0.3) is 5.91 Å². The van der Waals surface area contributed by atoms with Crippen molar-refractivity contribution >= 4 is 15.9 Å². The van der Waals surface area contributed by atoms with Crippen LogP contribution < -0.4 is 19.9 Å². The van der Waals surface area contributed by atoms with Crippen LogP contribution in [0.5, 0.6) is 11.6 Å². The lowest BCUT2D eigenvalue weighted by Crippen LogP contribution is -2.39. The Bertz CT molecular complexity index is 880. The molecule has 0 unspecified atom stereocenters. The van der Waals surface area contributed by atoms with Crippen molar-refractivity contribution in [3.05, 3.63) is 48.7 Å². The minimum atomic E-state index is -3.63. The Hall–Kier alpha value is -2.65. The summed E-state index contributed by atoms with van der Waals surface area (Å²) in [7, 11) is -3.63. The van der Waals surface area contributed by atoms with Gasteiger partial charge in [-0.15, -0.1) is 0 Å². The minimum absolute atomic E-state index is 0.0392. The van der Waals surface area contributed by atoms with E-state index >= 15 is 0 Å². The second kappa shape index (κ2) is 9.03. The molecule has 1 saturated carbocycles. The summed E-state index contributed by atoms with van der Waals surface area (Å²) >= 11 is 0. The van der Waals surface area contributed by atoms with E-state index in [4.69, 9.17) is 15.2 Å². The quantitative estimate of drug-likeness (QED) is 0.688. The van der Waals surface area contributed by atoms with Crippen LogP contribution in [0.15, 0.2) is 53.6 Å². The molecule has 3 rings (SSSR count). The molecule has 1 aliphatic rings. The molecule has 28 heavy (non-hydrogen) atoms. The number of ether oxygens (including phenoxy) is 2. The summed E-state index contributed by atoms with van der Waals surface area (Å²) in [5.41, 5.74) is 5.01. The fourth-order valence-corrected chi connectivity index (χ4v) is 4.35. The molecule has 1 fully saturated rings. The van der Waals surface area contributed by atoms with E-state index in [1.165, 1.54) is 24.3 Å². The van der Waals surface area contributed by atoms with E-state index in [1.54, 1.807) is 6.20 Å². The van der Waals surface area contributed by atoms with Crippen LogP contribution >= 0.6 is 0 Å². The van der Waals surface area contributed by atoms with Crippen molar-refractivity contribution in [2.24, 2.45) is 5.73 Å². The van der Waals surface area contributed by atoms with Gasteiger partial charge in [-0.05, 0) is 56.0 Å². The zero-order valence-electron chi connectivity index (χ0n) is 15.3. The first kappa shape index (κ1) is 20.1.